The Hall–Kier alpha value is -0.830. The highest BCUT2D eigenvalue weighted by Crippen LogP contribution is 2.32. The summed E-state index contributed by atoms with van der Waals surface area (Å²) in [5, 5.41) is 0. The van der Waals surface area contributed by atoms with Gasteiger partial charge in [0.1, 0.15) is 0 Å². The van der Waals surface area contributed by atoms with Crippen molar-refractivity contribution in [3.8, 4) is 11.5 Å². The van der Waals surface area contributed by atoms with Crippen molar-refractivity contribution in [3.05, 3.63) is 18.2 Å². The number of para-hydroxylation sites is 1. The summed E-state index contributed by atoms with van der Waals surface area (Å²) < 4.78 is 10.1. The highest BCUT2D eigenvalue weighted by molar-refractivity contribution is 7.80. The molecule has 2 nitrogen and oxygen atoms in total. The Bertz CT molecular complexity index is 248. The molecular weight excluding hydrogens is 160 g/mol. The molecule has 0 N–H and O–H groups in total. The Morgan fingerprint density at radius 1 is 1.18 bits per heavy atom. The van der Waals surface area contributed by atoms with Crippen molar-refractivity contribution in [2.75, 3.05) is 14.2 Å². The van der Waals surface area contributed by atoms with E-state index in [9.17, 15) is 0 Å². The first-order valence-corrected chi connectivity index (χ1v) is 3.64. The van der Waals surface area contributed by atoms with Gasteiger partial charge in [-0.2, -0.15) is 0 Å². The molecule has 1 rings (SSSR count). The molecule has 0 saturated heterocycles. The molecule has 0 aromatic heterocycles. The van der Waals surface area contributed by atoms with E-state index in [1.165, 1.54) is 0 Å². The van der Waals surface area contributed by atoms with Crippen molar-refractivity contribution >= 4 is 12.6 Å². The zero-order chi connectivity index (χ0) is 8.27. The molecule has 0 aliphatic heterocycles. The minimum Gasteiger partial charge on any atom is -0.493 e. The quantitative estimate of drug-likeness (QED) is 0.684. The summed E-state index contributed by atoms with van der Waals surface area (Å²) in [5.41, 5.74) is 0. The van der Waals surface area contributed by atoms with E-state index >= 15 is 0 Å². The van der Waals surface area contributed by atoms with E-state index in [1.54, 1.807) is 14.2 Å². The van der Waals surface area contributed by atoms with E-state index in [2.05, 4.69) is 12.6 Å². The van der Waals surface area contributed by atoms with Gasteiger partial charge in [0.25, 0.3) is 0 Å². The average molecular weight is 170 g/mol. The molecule has 1 aromatic rings. The van der Waals surface area contributed by atoms with Crippen LogP contribution in [0.5, 0.6) is 11.5 Å². The summed E-state index contributed by atoms with van der Waals surface area (Å²) in [7, 11) is 3.20. The third-order valence-corrected chi connectivity index (χ3v) is 1.73. The summed E-state index contributed by atoms with van der Waals surface area (Å²) in [6, 6.07) is 5.55. The predicted molar refractivity (Wildman–Crippen MR) is 46.8 cm³/mol. The normalized spacial score (nSPS) is 9.36. The van der Waals surface area contributed by atoms with Gasteiger partial charge in [-0.1, -0.05) is 6.07 Å². The molecule has 0 fully saturated rings. The number of thiol groups is 1. The summed E-state index contributed by atoms with van der Waals surface area (Å²) in [4.78, 5) is 0.784. The summed E-state index contributed by atoms with van der Waals surface area (Å²) >= 11 is 4.20. The lowest BCUT2D eigenvalue weighted by molar-refractivity contribution is 0.348. The summed E-state index contributed by atoms with van der Waals surface area (Å²) in [6.07, 6.45) is 0. The largest absolute Gasteiger partial charge is 0.493 e. The van der Waals surface area contributed by atoms with Crippen molar-refractivity contribution < 1.29 is 9.47 Å². The van der Waals surface area contributed by atoms with Crippen LogP contribution in [0, 0.1) is 0 Å². The van der Waals surface area contributed by atoms with Gasteiger partial charge in [-0.25, -0.2) is 0 Å². The number of rotatable bonds is 2. The Morgan fingerprint density at radius 3 is 2.36 bits per heavy atom. The van der Waals surface area contributed by atoms with E-state index in [4.69, 9.17) is 9.47 Å². The van der Waals surface area contributed by atoms with Gasteiger partial charge in [-0.3, -0.25) is 0 Å². The minimum absolute atomic E-state index is 0.679. The van der Waals surface area contributed by atoms with E-state index < -0.39 is 0 Å². The summed E-state index contributed by atoms with van der Waals surface area (Å²) in [5.74, 6) is 1.39. The van der Waals surface area contributed by atoms with Crippen LogP contribution in [0.3, 0.4) is 0 Å². The second kappa shape index (κ2) is 3.53. The second-order valence-electron chi connectivity index (χ2n) is 2.01. The van der Waals surface area contributed by atoms with Gasteiger partial charge in [0.05, 0.1) is 19.1 Å². The van der Waals surface area contributed by atoms with Gasteiger partial charge in [0.2, 0.25) is 0 Å². The van der Waals surface area contributed by atoms with Crippen LogP contribution in [0.25, 0.3) is 0 Å². The fraction of sp³-hybridized carbons (Fsp3) is 0.250. The first kappa shape index (κ1) is 8.27. The van der Waals surface area contributed by atoms with E-state index in [1.807, 2.05) is 18.2 Å². The number of methoxy groups -OCH3 is 2. The molecule has 0 saturated carbocycles. The molecule has 0 radical (unpaired) electrons. The van der Waals surface area contributed by atoms with E-state index in [0.717, 1.165) is 4.90 Å². The molecule has 11 heavy (non-hydrogen) atoms. The van der Waals surface area contributed by atoms with Crippen molar-refractivity contribution in [2.45, 2.75) is 4.90 Å². The van der Waals surface area contributed by atoms with Crippen LogP contribution < -0.4 is 9.47 Å². The van der Waals surface area contributed by atoms with E-state index in [0.29, 0.717) is 11.5 Å². The predicted octanol–water partition coefficient (Wildman–Crippen LogP) is 1.99. The van der Waals surface area contributed by atoms with Crippen LogP contribution in [-0.2, 0) is 0 Å². The molecule has 0 amide bonds. The Labute approximate surface area is 71.5 Å². The minimum atomic E-state index is 0.679. The van der Waals surface area contributed by atoms with Gasteiger partial charge in [0, 0.05) is 0 Å². The first-order chi connectivity index (χ1) is 5.29. The molecule has 60 valence electrons. The number of benzene rings is 1. The summed E-state index contributed by atoms with van der Waals surface area (Å²) in [6.45, 7) is 0. The number of ether oxygens (including phenoxy) is 2. The molecule has 0 unspecified atom stereocenters. The molecular formula is C8H10O2S. The van der Waals surface area contributed by atoms with Crippen molar-refractivity contribution in [1.29, 1.82) is 0 Å². The van der Waals surface area contributed by atoms with Gasteiger partial charge in [0.15, 0.2) is 11.5 Å². The van der Waals surface area contributed by atoms with Crippen LogP contribution in [0.15, 0.2) is 23.1 Å². The molecule has 0 atom stereocenters. The maximum absolute atomic E-state index is 5.07. The third-order valence-electron chi connectivity index (χ3n) is 1.38. The van der Waals surface area contributed by atoms with Crippen molar-refractivity contribution in [2.24, 2.45) is 0 Å². The van der Waals surface area contributed by atoms with Gasteiger partial charge < -0.3 is 9.47 Å². The van der Waals surface area contributed by atoms with Gasteiger partial charge in [-0.05, 0) is 12.1 Å². The Morgan fingerprint density at radius 2 is 1.91 bits per heavy atom. The molecule has 0 heterocycles. The topological polar surface area (TPSA) is 18.5 Å². The molecule has 0 aliphatic carbocycles. The third kappa shape index (κ3) is 1.60. The van der Waals surface area contributed by atoms with Crippen LogP contribution in [0.4, 0.5) is 0 Å². The molecule has 0 aliphatic rings. The highest BCUT2D eigenvalue weighted by atomic mass is 32.1. The number of hydrogen-bond donors (Lipinski definition) is 1. The van der Waals surface area contributed by atoms with Gasteiger partial charge >= 0.3 is 0 Å². The van der Waals surface area contributed by atoms with Gasteiger partial charge in [-0.15, -0.1) is 12.6 Å². The SMILES string of the molecule is COc1cccc(S)c1OC. The molecule has 3 heteroatoms. The second-order valence-corrected chi connectivity index (χ2v) is 2.49. The standard InChI is InChI=1S/C8H10O2S/c1-9-6-4-3-5-7(11)8(6)10-2/h3-5,11H,1-2H3. The highest BCUT2D eigenvalue weighted by Gasteiger charge is 2.04. The average Bonchev–Trinajstić information content (AvgIpc) is 2.04. The Kier molecular flexibility index (Phi) is 2.65. The van der Waals surface area contributed by atoms with Crippen LogP contribution in [0.1, 0.15) is 0 Å². The van der Waals surface area contributed by atoms with Crippen molar-refractivity contribution in [1.82, 2.24) is 0 Å². The van der Waals surface area contributed by atoms with Crippen LogP contribution in [-0.4, -0.2) is 14.2 Å². The maximum atomic E-state index is 5.07. The molecule has 0 spiro atoms. The monoisotopic (exact) mass is 170 g/mol. The Balaban J connectivity index is 3.13. The van der Waals surface area contributed by atoms with E-state index in [-0.39, 0.29) is 0 Å². The maximum Gasteiger partial charge on any atom is 0.174 e. The smallest absolute Gasteiger partial charge is 0.174 e. The zero-order valence-corrected chi connectivity index (χ0v) is 7.39. The lowest BCUT2D eigenvalue weighted by Crippen LogP contribution is -1.90. The lowest BCUT2D eigenvalue weighted by atomic mass is 10.3. The lowest BCUT2D eigenvalue weighted by Gasteiger charge is -2.08. The first-order valence-electron chi connectivity index (χ1n) is 3.19. The zero-order valence-electron chi connectivity index (χ0n) is 6.50. The number of hydrogen-bond acceptors (Lipinski definition) is 3. The van der Waals surface area contributed by atoms with Crippen LogP contribution >= 0.6 is 12.6 Å². The fourth-order valence-corrected chi connectivity index (χ4v) is 1.16. The van der Waals surface area contributed by atoms with Crippen molar-refractivity contribution in [3.63, 3.8) is 0 Å². The fourth-order valence-electron chi connectivity index (χ4n) is 0.870. The molecule has 1 aromatic carbocycles. The molecule has 0 bridgehead atoms. The van der Waals surface area contributed by atoms with Crippen LogP contribution in [0.2, 0.25) is 0 Å².